The normalized spacial score (nSPS) is 19.4. The summed E-state index contributed by atoms with van der Waals surface area (Å²) >= 11 is 0. The summed E-state index contributed by atoms with van der Waals surface area (Å²) in [6.45, 7) is 3.73. The van der Waals surface area contributed by atoms with Crippen LogP contribution in [0.5, 0.6) is 0 Å². The molecule has 138 valence electrons. The van der Waals surface area contributed by atoms with Crippen molar-refractivity contribution in [2.24, 2.45) is 7.05 Å². The largest absolute Gasteiger partial charge is 0.330 e. The van der Waals surface area contributed by atoms with Crippen molar-refractivity contribution in [2.45, 2.75) is 45.1 Å². The monoisotopic (exact) mass is 366 g/mol. The average molecular weight is 366 g/mol. The van der Waals surface area contributed by atoms with Crippen LogP contribution in [0.25, 0.3) is 0 Å². The highest BCUT2D eigenvalue weighted by atomic mass is 32.2. The third kappa shape index (κ3) is 4.09. The maximum Gasteiger partial charge on any atom is 0.214 e. The molecule has 0 radical (unpaired) electrons. The van der Waals surface area contributed by atoms with E-state index < -0.39 is 10.0 Å². The average Bonchev–Trinajstić information content (AvgIpc) is 3.24. The molecule has 2 aromatic heterocycles. The molecule has 1 fully saturated rings. The van der Waals surface area contributed by atoms with Gasteiger partial charge in [0.05, 0.1) is 18.6 Å². The first kappa shape index (κ1) is 18.1. The van der Waals surface area contributed by atoms with E-state index in [9.17, 15) is 8.42 Å². The van der Waals surface area contributed by atoms with Crippen molar-refractivity contribution in [2.75, 3.05) is 18.8 Å². The number of nitrogens with zero attached hydrogens (tertiary/aromatic N) is 6. The predicted molar refractivity (Wildman–Crippen MR) is 94.6 cm³/mol. The summed E-state index contributed by atoms with van der Waals surface area (Å²) in [6.07, 6.45) is 8.77. The van der Waals surface area contributed by atoms with Crippen LogP contribution in [0.3, 0.4) is 0 Å². The summed E-state index contributed by atoms with van der Waals surface area (Å²) in [5.74, 6) is 2.05. The Morgan fingerprint density at radius 1 is 1.32 bits per heavy atom. The predicted octanol–water partition coefficient (Wildman–Crippen LogP) is 1.37. The van der Waals surface area contributed by atoms with Gasteiger partial charge in [0.1, 0.15) is 5.82 Å². The van der Waals surface area contributed by atoms with E-state index in [1.54, 1.807) is 16.8 Å². The lowest BCUT2D eigenvalue weighted by atomic mass is 9.99. The molecular weight excluding hydrogens is 340 g/mol. The van der Waals surface area contributed by atoms with E-state index in [0.29, 0.717) is 26.1 Å². The number of rotatable bonds is 7. The first-order valence-corrected chi connectivity index (χ1v) is 10.4. The van der Waals surface area contributed by atoms with Crippen molar-refractivity contribution in [1.82, 2.24) is 28.6 Å². The molecule has 8 nitrogen and oxygen atoms in total. The number of imidazole rings is 1. The molecule has 0 amide bonds. The highest BCUT2D eigenvalue weighted by Crippen LogP contribution is 2.27. The molecule has 0 bridgehead atoms. The van der Waals surface area contributed by atoms with Crippen LogP contribution in [-0.4, -0.2) is 55.9 Å². The summed E-state index contributed by atoms with van der Waals surface area (Å²) in [5.41, 5.74) is 0. The summed E-state index contributed by atoms with van der Waals surface area (Å²) in [5, 5.41) is 8.66. The van der Waals surface area contributed by atoms with Crippen molar-refractivity contribution in [1.29, 1.82) is 0 Å². The Balaban J connectivity index is 1.72. The highest BCUT2D eigenvalue weighted by Gasteiger charge is 2.31. The van der Waals surface area contributed by atoms with Crippen LogP contribution >= 0.6 is 0 Å². The lowest BCUT2D eigenvalue weighted by Gasteiger charge is -2.31. The third-order valence-corrected chi connectivity index (χ3v) is 6.70. The minimum atomic E-state index is -3.17. The number of aromatic nitrogens is 5. The van der Waals surface area contributed by atoms with Gasteiger partial charge in [-0.05, 0) is 19.3 Å². The zero-order chi connectivity index (χ0) is 17.9. The lowest BCUT2D eigenvalue weighted by molar-refractivity contribution is 0.305. The molecule has 2 aromatic rings. The second-order valence-electron chi connectivity index (χ2n) is 6.64. The van der Waals surface area contributed by atoms with Crippen LogP contribution in [0.15, 0.2) is 18.7 Å². The summed E-state index contributed by atoms with van der Waals surface area (Å²) in [7, 11) is -1.22. The van der Waals surface area contributed by atoms with E-state index >= 15 is 0 Å². The Labute approximate surface area is 148 Å². The van der Waals surface area contributed by atoms with E-state index in [-0.39, 0.29) is 11.7 Å². The topological polar surface area (TPSA) is 85.9 Å². The zero-order valence-electron chi connectivity index (χ0n) is 14.9. The molecule has 1 atom stereocenters. The number of piperidine rings is 1. The van der Waals surface area contributed by atoms with Gasteiger partial charge in [-0.1, -0.05) is 13.3 Å². The number of sulfonamides is 1. The third-order valence-electron chi connectivity index (χ3n) is 4.78. The number of hydrogen-bond acceptors (Lipinski definition) is 5. The Kier molecular flexibility index (Phi) is 5.53. The van der Waals surface area contributed by atoms with Crippen LogP contribution in [0.2, 0.25) is 0 Å². The molecule has 0 aromatic carbocycles. The molecule has 9 heteroatoms. The van der Waals surface area contributed by atoms with Gasteiger partial charge in [0.25, 0.3) is 0 Å². The van der Waals surface area contributed by atoms with Crippen molar-refractivity contribution in [3.63, 3.8) is 0 Å². The first-order valence-electron chi connectivity index (χ1n) is 8.83. The molecule has 0 N–H and O–H groups in total. The maximum atomic E-state index is 12.5. The fraction of sp³-hybridized carbons (Fsp3) is 0.688. The van der Waals surface area contributed by atoms with Gasteiger partial charge >= 0.3 is 0 Å². The molecule has 1 saturated heterocycles. The van der Waals surface area contributed by atoms with E-state index in [1.807, 2.05) is 29.3 Å². The molecule has 0 aliphatic carbocycles. The molecule has 0 unspecified atom stereocenters. The fourth-order valence-corrected chi connectivity index (χ4v) is 5.00. The molecule has 0 spiro atoms. The van der Waals surface area contributed by atoms with Gasteiger partial charge in [-0.3, -0.25) is 0 Å². The van der Waals surface area contributed by atoms with Crippen molar-refractivity contribution < 1.29 is 8.42 Å². The van der Waals surface area contributed by atoms with Crippen LogP contribution in [-0.2, 0) is 23.6 Å². The van der Waals surface area contributed by atoms with Crippen LogP contribution in [0, 0.1) is 0 Å². The molecule has 0 saturated carbocycles. The Morgan fingerprint density at radius 3 is 2.88 bits per heavy atom. The van der Waals surface area contributed by atoms with E-state index in [1.165, 1.54) is 0 Å². The van der Waals surface area contributed by atoms with Gasteiger partial charge in [-0.15, -0.1) is 10.2 Å². The highest BCUT2D eigenvalue weighted by molar-refractivity contribution is 7.89. The summed E-state index contributed by atoms with van der Waals surface area (Å²) < 4.78 is 30.6. The minimum Gasteiger partial charge on any atom is -0.330 e. The van der Waals surface area contributed by atoms with Gasteiger partial charge in [0.15, 0.2) is 5.82 Å². The van der Waals surface area contributed by atoms with E-state index in [2.05, 4.69) is 15.2 Å². The van der Waals surface area contributed by atoms with Crippen molar-refractivity contribution in [3.8, 4) is 0 Å². The number of hydrogen-bond donors (Lipinski definition) is 0. The van der Waals surface area contributed by atoms with Crippen LogP contribution in [0.4, 0.5) is 0 Å². The first-order chi connectivity index (χ1) is 12.0. The lowest BCUT2D eigenvalue weighted by Crippen LogP contribution is -2.40. The number of unbranched alkanes of at least 4 members (excludes halogenated alkanes) is 1. The minimum absolute atomic E-state index is 0.0965. The van der Waals surface area contributed by atoms with Crippen LogP contribution in [0.1, 0.15) is 50.2 Å². The Morgan fingerprint density at radius 2 is 2.16 bits per heavy atom. The SMILES string of the molecule is CCCCS(=O)(=O)N1CCC[C@H](c2nnc(Cn3ccnc3)n2C)C1. The van der Waals surface area contributed by atoms with Crippen molar-refractivity contribution in [3.05, 3.63) is 30.4 Å². The van der Waals surface area contributed by atoms with Gasteiger partial charge in [-0.25, -0.2) is 17.7 Å². The molecular formula is C16H26N6O2S. The van der Waals surface area contributed by atoms with Gasteiger partial charge < -0.3 is 9.13 Å². The van der Waals surface area contributed by atoms with Crippen molar-refractivity contribution >= 4 is 10.0 Å². The van der Waals surface area contributed by atoms with Gasteiger partial charge in [0, 0.05) is 38.4 Å². The summed E-state index contributed by atoms with van der Waals surface area (Å²) in [6, 6.07) is 0. The second kappa shape index (κ2) is 7.65. The van der Waals surface area contributed by atoms with Gasteiger partial charge in [0.2, 0.25) is 10.0 Å². The Bertz CT molecular complexity index is 784. The Hall–Kier alpha value is -1.74. The molecule has 3 heterocycles. The van der Waals surface area contributed by atoms with Crippen LogP contribution < -0.4 is 0 Å². The molecule has 3 rings (SSSR count). The molecule has 1 aliphatic rings. The molecule has 1 aliphatic heterocycles. The quantitative estimate of drug-likeness (QED) is 0.739. The summed E-state index contributed by atoms with van der Waals surface area (Å²) in [4.78, 5) is 4.04. The smallest absolute Gasteiger partial charge is 0.214 e. The maximum absolute atomic E-state index is 12.5. The standard InChI is InChI=1S/C16H26N6O2S/c1-3-4-10-25(23,24)22-8-5-6-14(11-22)16-19-18-15(20(16)2)12-21-9-7-17-13-21/h7,9,13-14H,3-6,8,10-12H2,1-2H3/t14-/m0/s1. The van der Waals surface area contributed by atoms with E-state index in [0.717, 1.165) is 30.9 Å². The van der Waals surface area contributed by atoms with E-state index in [4.69, 9.17) is 0 Å². The zero-order valence-corrected chi connectivity index (χ0v) is 15.7. The second-order valence-corrected chi connectivity index (χ2v) is 8.72. The van der Waals surface area contributed by atoms with Gasteiger partial charge in [-0.2, -0.15) is 0 Å². The fourth-order valence-electron chi connectivity index (χ4n) is 3.27. The molecule has 25 heavy (non-hydrogen) atoms.